The summed E-state index contributed by atoms with van der Waals surface area (Å²) in [7, 11) is 2.16. The third-order valence-electron chi connectivity index (χ3n) is 2.98. The molecule has 80 valence electrons. The molecule has 2 rings (SSSR count). The molecule has 4 heteroatoms. The molecule has 0 saturated carbocycles. The first kappa shape index (κ1) is 10.6. The van der Waals surface area contributed by atoms with E-state index in [1.54, 1.807) is 11.3 Å². The summed E-state index contributed by atoms with van der Waals surface area (Å²) in [5.41, 5.74) is 0.899. The summed E-state index contributed by atoms with van der Waals surface area (Å²) in [5.74, 6) is 0.576. The minimum atomic E-state index is 0.576. The molecule has 2 heterocycles. The van der Waals surface area contributed by atoms with Gasteiger partial charge in [-0.15, -0.1) is 11.3 Å². The van der Waals surface area contributed by atoms with Crippen LogP contribution in [0.25, 0.3) is 0 Å². The lowest BCUT2D eigenvalue weighted by molar-refractivity contribution is 0.255. The molecule has 3 nitrogen and oxygen atoms in total. The fraction of sp³-hybridized carbons (Fsp3) is 0.636. The van der Waals surface area contributed by atoms with E-state index in [2.05, 4.69) is 23.0 Å². The number of aromatic nitrogens is 1. The molecule has 0 amide bonds. The first-order valence-corrected chi connectivity index (χ1v) is 6.08. The average Bonchev–Trinajstić information content (AvgIpc) is 2.61. The lowest BCUT2D eigenvalue weighted by atomic mass is 9.98. The molecule has 1 fully saturated rings. The van der Waals surface area contributed by atoms with Gasteiger partial charge < -0.3 is 4.90 Å². The van der Waals surface area contributed by atoms with Gasteiger partial charge in [0.25, 0.3) is 0 Å². The molecule has 0 bridgehead atoms. The van der Waals surface area contributed by atoms with Crippen LogP contribution in [0.2, 0.25) is 0 Å². The van der Waals surface area contributed by atoms with E-state index in [-0.39, 0.29) is 0 Å². The van der Waals surface area contributed by atoms with Crippen molar-refractivity contribution in [3.63, 3.8) is 0 Å². The molecule has 15 heavy (non-hydrogen) atoms. The number of hydrogen-bond acceptors (Lipinski definition) is 4. The molecule has 0 aliphatic carbocycles. The van der Waals surface area contributed by atoms with Crippen LogP contribution in [-0.4, -0.2) is 30.0 Å². The van der Waals surface area contributed by atoms with E-state index in [4.69, 9.17) is 5.26 Å². The number of nitriles is 1. The Labute approximate surface area is 94.4 Å². The maximum Gasteiger partial charge on any atom is 0.127 e. The predicted molar refractivity (Wildman–Crippen MR) is 61.0 cm³/mol. The smallest absolute Gasteiger partial charge is 0.127 e. The second kappa shape index (κ2) is 4.30. The SMILES string of the molecule is Cc1nc(C2CCN(C)CC2)sc1C#N. The van der Waals surface area contributed by atoms with Crippen molar-refractivity contribution in [2.45, 2.75) is 25.7 Å². The van der Waals surface area contributed by atoms with Crippen LogP contribution in [-0.2, 0) is 0 Å². The van der Waals surface area contributed by atoms with Crippen LogP contribution in [0.15, 0.2) is 0 Å². The van der Waals surface area contributed by atoms with Crippen LogP contribution in [0, 0.1) is 18.3 Å². The van der Waals surface area contributed by atoms with Crippen LogP contribution in [0.4, 0.5) is 0 Å². The lowest BCUT2D eigenvalue weighted by Crippen LogP contribution is -2.29. The maximum atomic E-state index is 8.88. The van der Waals surface area contributed by atoms with Gasteiger partial charge in [-0.3, -0.25) is 0 Å². The van der Waals surface area contributed by atoms with E-state index in [1.165, 1.54) is 12.8 Å². The number of hydrogen-bond donors (Lipinski definition) is 0. The van der Waals surface area contributed by atoms with Crippen molar-refractivity contribution in [3.05, 3.63) is 15.6 Å². The highest BCUT2D eigenvalue weighted by Gasteiger charge is 2.22. The number of aryl methyl sites for hydroxylation is 1. The molecule has 1 saturated heterocycles. The molecule has 0 N–H and O–H groups in total. The zero-order valence-electron chi connectivity index (χ0n) is 9.16. The van der Waals surface area contributed by atoms with Gasteiger partial charge in [0.15, 0.2) is 0 Å². The Morgan fingerprint density at radius 2 is 2.13 bits per heavy atom. The Kier molecular flexibility index (Phi) is 3.03. The first-order valence-electron chi connectivity index (χ1n) is 5.26. The van der Waals surface area contributed by atoms with Crippen molar-refractivity contribution in [2.75, 3.05) is 20.1 Å². The van der Waals surface area contributed by atoms with E-state index in [9.17, 15) is 0 Å². The standard InChI is InChI=1S/C11H15N3S/c1-8-10(7-12)15-11(13-8)9-3-5-14(2)6-4-9/h9H,3-6H2,1-2H3. The molecular formula is C11H15N3S. The van der Waals surface area contributed by atoms with E-state index in [1.807, 2.05) is 6.92 Å². The van der Waals surface area contributed by atoms with E-state index >= 15 is 0 Å². The van der Waals surface area contributed by atoms with Crippen LogP contribution in [0.1, 0.15) is 34.3 Å². The van der Waals surface area contributed by atoms with Crippen molar-refractivity contribution >= 4 is 11.3 Å². The zero-order chi connectivity index (χ0) is 10.8. The van der Waals surface area contributed by atoms with E-state index in [0.717, 1.165) is 28.7 Å². The van der Waals surface area contributed by atoms with Crippen molar-refractivity contribution in [1.29, 1.82) is 5.26 Å². The number of thiazole rings is 1. The topological polar surface area (TPSA) is 39.9 Å². The Hall–Kier alpha value is -0.920. The highest BCUT2D eigenvalue weighted by molar-refractivity contribution is 7.12. The van der Waals surface area contributed by atoms with Crippen molar-refractivity contribution in [2.24, 2.45) is 0 Å². The van der Waals surface area contributed by atoms with Crippen molar-refractivity contribution < 1.29 is 0 Å². The molecule has 1 aliphatic heterocycles. The highest BCUT2D eigenvalue weighted by atomic mass is 32.1. The minimum absolute atomic E-state index is 0.576. The van der Waals surface area contributed by atoms with Gasteiger partial charge in [-0.1, -0.05) is 0 Å². The fourth-order valence-electron chi connectivity index (χ4n) is 1.95. The van der Waals surface area contributed by atoms with Crippen LogP contribution in [0.5, 0.6) is 0 Å². The van der Waals surface area contributed by atoms with Crippen LogP contribution < -0.4 is 0 Å². The molecule has 0 radical (unpaired) electrons. The molecule has 1 aromatic rings. The monoisotopic (exact) mass is 221 g/mol. The van der Waals surface area contributed by atoms with E-state index < -0.39 is 0 Å². The second-order valence-electron chi connectivity index (χ2n) is 4.16. The Bertz CT molecular complexity index is 383. The van der Waals surface area contributed by atoms with E-state index in [0.29, 0.717) is 5.92 Å². The molecule has 0 aromatic carbocycles. The summed E-state index contributed by atoms with van der Waals surface area (Å²) in [6.07, 6.45) is 2.35. The molecule has 1 aromatic heterocycles. The summed E-state index contributed by atoms with van der Waals surface area (Å²) >= 11 is 1.58. The number of rotatable bonds is 1. The van der Waals surface area contributed by atoms with Gasteiger partial charge in [0.1, 0.15) is 10.9 Å². The molecule has 0 spiro atoms. The molecule has 1 aliphatic rings. The average molecular weight is 221 g/mol. The normalized spacial score (nSPS) is 19.0. The summed E-state index contributed by atoms with van der Waals surface area (Å²) < 4.78 is 0. The Balaban J connectivity index is 2.13. The Morgan fingerprint density at radius 1 is 1.47 bits per heavy atom. The van der Waals surface area contributed by atoms with Gasteiger partial charge in [0, 0.05) is 5.92 Å². The van der Waals surface area contributed by atoms with Crippen molar-refractivity contribution in [1.82, 2.24) is 9.88 Å². The lowest BCUT2D eigenvalue weighted by Gasteiger charge is -2.27. The summed E-state index contributed by atoms with van der Waals surface area (Å²) in [6.45, 7) is 4.21. The third kappa shape index (κ3) is 2.19. The largest absolute Gasteiger partial charge is 0.306 e. The fourth-order valence-corrected chi connectivity index (χ4v) is 2.98. The van der Waals surface area contributed by atoms with Gasteiger partial charge in [0.2, 0.25) is 0 Å². The van der Waals surface area contributed by atoms with Gasteiger partial charge in [-0.2, -0.15) is 5.26 Å². The van der Waals surface area contributed by atoms with Gasteiger partial charge >= 0.3 is 0 Å². The van der Waals surface area contributed by atoms with Gasteiger partial charge in [0.05, 0.1) is 10.7 Å². The summed E-state index contributed by atoms with van der Waals surface area (Å²) in [6, 6.07) is 2.21. The van der Waals surface area contributed by atoms with Crippen LogP contribution in [0.3, 0.4) is 0 Å². The molecule has 0 unspecified atom stereocenters. The second-order valence-corrected chi connectivity index (χ2v) is 5.19. The summed E-state index contributed by atoms with van der Waals surface area (Å²) in [5, 5.41) is 10.0. The molecular weight excluding hydrogens is 206 g/mol. The minimum Gasteiger partial charge on any atom is -0.306 e. The quantitative estimate of drug-likeness (QED) is 0.729. The number of piperidine rings is 1. The number of likely N-dealkylation sites (tertiary alicyclic amines) is 1. The van der Waals surface area contributed by atoms with Gasteiger partial charge in [-0.05, 0) is 39.9 Å². The highest BCUT2D eigenvalue weighted by Crippen LogP contribution is 2.31. The van der Waals surface area contributed by atoms with Gasteiger partial charge in [-0.25, -0.2) is 4.98 Å². The number of nitrogens with zero attached hydrogens (tertiary/aromatic N) is 3. The third-order valence-corrected chi connectivity index (χ3v) is 4.21. The molecule has 0 atom stereocenters. The maximum absolute atomic E-state index is 8.88. The zero-order valence-corrected chi connectivity index (χ0v) is 9.97. The van der Waals surface area contributed by atoms with Crippen molar-refractivity contribution in [3.8, 4) is 6.07 Å². The Morgan fingerprint density at radius 3 is 2.67 bits per heavy atom. The van der Waals surface area contributed by atoms with Crippen LogP contribution >= 0.6 is 11.3 Å². The first-order chi connectivity index (χ1) is 7.20. The predicted octanol–water partition coefficient (Wildman–Crippen LogP) is 2.13. The summed E-state index contributed by atoms with van der Waals surface area (Å²) in [4.78, 5) is 7.64.